The summed E-state index contributed by atoms with van der Waals surface area (Å²) >= 11 is 11.6. The van der Waals surface area contributed by atoms with E-state index in [1.165, 1.54) is 27.6 Å². The fourth-order valence-corrected chi connectivity index (χ4v) is 5.79. The van der Waals surface area contributed by atoms with E-state index in [2.05, 4.69) is 42.6 Å². The van der Waals surface area contributed by atoms with Crippen molar-refractivity contribution in [1.29, 1.82) is 0 Å². The summed E-state index contributed by atoms with van der Waals surface area (Å²) in [7, 11) is -4.82. The van der Waals surface area contributed by atoms with E-state index >= 15 is 0 Å². The van der Waals surface area contributed by atoms with Crippen molar-refractivity contribution in [2.24, 2.45) is 20.5 Å². The molecular weight excluding hydrogens is 852 g/mol. The van der Waals surface area contributed by atoms with Crippen molar-refractivity contribution >= 4 is 67.7 Å². The molecule has 0 aliphatic heterocycles. The molecule has 0 atom stereocenters. The van der Waals surface area contributed by atoms with Gasteiger partial charge in [0.2, 0.25) is 5.91 Å². The third-order valence-corrected chi connectivity index (χ3v) is 8.70. The van der Waals surface area contributed by atoms with Gasteiger partial charge in [-0.2, -0.15) is 18.6 Å². The molecule has 0 unspecified atom stereocenters. The molecule has 17 nitrogen and oxygen atoms in total. The van der Waals surface area contributed by atoms with Crippen molar-refractivity contribution in [3.63, 3.8) is 0 Å². The molecule has 2 heterocycles. The summed E-state index contributed by atoms with van der Waals surface area (Å²) in [4.78, 5) is 35.6. The average Bonchev–Trinajstić information content (AvgIpc) is 3.60. The second-order valence-corrected chi connectivity index (χ2v) is 13.5. The fraction of sp³-hybridized carbons (Fsp3) is 0.0571. The first-order valence-corrected chi connectivity index (χ1v) is 17.8. The molecule has 0 spiro atoms. The van der Waals surface area contributed by atoms with Crippen molar-refractivity contribution in [2.45, 2.75) is 18.7 Å². The minimum Gasteiger partial charge on any atom is -0.871 e. The third-order valence-electron chi connectivity index (χ3n) is 7.39. The fourth-order valence-electron chi connectivity index (χ4n) is 4.74. The topological polar surface area (TPSA) is 255 Å². The second-order valence-electron chi connectivity index (χ2n) is 11.3. The summed E-state index contributed by atoms with van der Waals surface area (Å²) in [6, 6.07) is 21.4. The summed E-state index contributed by atoms with van der Waals surface area (Å²) in [5.74, 6) is -1.81. The first-order valence-electron chi connectivity index (χ1n) is 15.6. The number of carbonyl (C=O) groups is 1. The number of azo groups is 2. The van der Waals surface area contributed by atoms with E-state index < -0.39 is 32.0 Å². The molecule has 22 heteroatoms. The number of aromatic nitrogens is 4. The number of para-hydroxylation sites is 1. The Hall–Kier alpha value is -5.07. The molecule has 0 radical (unpaired) electrons. The number of carbonyl (C=O) groups excluding carboxylic acids is 1. The Bertz CT molecular complexity index is 2720. The zero-order valence-electron chi connectivity index (χ0n) is 30.9. The molecule has 0 aliphatic carbocycles. The van der Waals surface area contributed by atoms with Crippen LogP contribution < -0.4 is 56.2 Å². The molecule has 1 amide bonds. The predicted octanol–water partition coefficient (Wildman–Crippen LogP) is 3.72. The van der Waals surface area contributed by atoms with Crippen LogP contribution >= 0.6 is 23.2 Å². The molecule has 2 aromatic heterocycles. The number of nitrogens with one attached hydrogen (secondary N) is 3. The third kappa shape index (κ3) is 11.3. The maximum absolute atomic E-state index is 12.8. The molecule has 4 aromatic carbocycles. The molecule has 0 aliphatic rings. The molecular formula is C35H28Cl2CrN9NaO8S. The van der Waals surface area contributed by atoms with Crippen LogP contribution in [0.2, 0.25) is 10.0 Å². The molecule has 4 N–H and O–H groups in total. The van der Waals surface area contributed by atoms with Gasteiger partial charge in [0.15, 0.2) is 11.4 Å². The molecule has 0 saturated heterocycles. The molecule has 0 fully saturated rings. The van der Waals surface area contributed by atoms with Gasteiger partial charge >= 0.3 is 31.0 Å². The quantitative estimate of drug-likeness (QED) is 0.0719. The number of halogens is 2. The number of aromatic amines is 2. The van der Waals surface area contributed by atoms with Gasteiger partial charge in [-0.05, 0) is 80.6 Å². The van der Waals surface area contributed by atoms with Gasteiger partial charge in [-0.3, -0.25) is 29.1 Å². The summed E-state index contributed by atoms with van der Waals surface area (Å²) in [6.07, 6.45) is 1.12. The van der Waals surface area contributed by atoms with Gasteiger partial charge in [-0.25, -0.2) is 9.36 Å². The minimum absolute atomic E-state index is 0. The first kappa shape index (κ1) is 46.3. The Labute approximate surface area is 368 Å². The van der Waals surface area contributed by atoms with E-state index in [9.17, 15) is 33.0 Å². The maximum atomic E-state index is 12.8. The number of nitrogens with zero attached hydrogens (tertiary/aromatic N) is 6. The average molecular weight is 881 g/mol. The van der Waals surface area contributed by atoms with E-state index in [-0.39, 0.29) is 87.6 Å². The van der Waals surface area contributed by atoms with Crippen LogP contribution in [-0.2, 0) is 32.3 Å². The number of aryl methyl sites for hydroxylation is 2. The predicted molar refractivity (Wildman–Crippen MR) is 202 cm³/mol. The van der Waals surface area contributed by atoms with E-state index in [0.717, 1.165) is 18.2 Å². The normalized spacial score (nSPS) is 11.0. The molecule has 57 heavy (non-hydrogen) atoms. The van der Waals surface area contributed by atoms with Crippen LogP contribution in [0.1, 0.15) is 12.8 Å². The van der Waals surface area contributed by atoms with Gasteiger partial charge in [-0.15, -0.1) is 10.2 Å². The van der Waals surface area contributed by atoms with E-state index in [1.807, 2.05) is 18.2 Å². The number of benzene rings is 4. The number of H-pyrrole nitrogens is 2. The second kappa shape index (κ2) is 19.9. The van der Waals surface area contributed by atoms with Gasteiger partial charge in [-0.1, -0.05) is 65.5 Å². The van der Waals surface area contributed by atoms with Gasteiger partial charge in [0, 0.05) is 33.1 Å². The van der Waals surface area contributed by atoms with Crippen molar-refractivity contribution in [3.8, 4) is 22.9 Å². The van der Waals surface area contributed by atoms with Crippen LogP contribution in [0, 0.1) is 13.8 Å². The van der Waals surface area contributed by atoms with Crippen molar-refractivity contribution in [2.75, 3.05) is 5.32 Å². The molecule has 0 bridgehead atoms. The molecule has 0 saturated carbocycles. The number of amides is 1. The van der Waals surface area contributed by atoms with Crippen molar-refractivity contribution in [1.82, 2.24) is 19.6 Å². The SMILES string of the molecule is C=CC(=O)Nc1ccc(-n2[nH]c(C)c(N=Nc3cc(Cl)cc(S(=O)(=O)O)c3[O-])c2=O)cc1.Cc1[nH]n(-c2ccccc2)c(=O)c1N=Nc1cc(Cl)ccc1[O-].[Cr].[H+].[Na+]. The number of rotatable bonds is 9. The van der Waals surface area contributed by atoms with E-state index in [0.29, 0.717) is 33.5 Å². The zero-order valence-corrected chi connectivity index (χ0v) is 35.5. The van der Waals surface area contributed by atoms with Crippen molar-refractivity contribution < 1.29 is 76.3 Å². The standard InChI is InChI=1S/C19H16ClN5O6S.C16H13ClN4O2.Cr.Na/c1-3-16(26)21-12-4-6-13(7-5-12)25-19(28)17(10(2)24-25)23-22-14-8-11(20)9-15(18(14)27)32(29,30)31;1-10-15(19-18-13-9-11(17)7-8-14(13)22)16(23)21(20-10)12-5-3-2-4-6-12;;/h3-9,24,27H,1H2,2H3,(H,21,26)(H,29,30,31);2-9,20,22H,1H3;;/q;;;+1/p-1. The van der Waals surface area contributed by atoms with Crippen LogP contribution in [0.15, 0.2) is 133 Å². The maximum Gasteiger partial charge on any atom is 1.00 e. The Balaban J connectivity index is 0.000000398. The van der Waals surface area contributed by atoms with Crippen LogP contribution in [0.5, 0.6) is 11.5 Å². The first-order chi connectivity index (χ1) is 26.1. The molecule has 6 rings (SSSR count). The van der Waals surface area contributed by atoms with Gasteiger partial charge in [0.05, 0.1) is 39.0 Å². The van der Waals surface area contributed by atoms with Gasteiger partial charge in [0.25, 0.3) is 21.2 Å². The summed E-state index contributed by atoms with van der Waals surface area (Å²) in [6.45, 7) is 6.62. The smallest absolute Gasteiger partial charge is 0.871 e. The zero-order chi connectivity index (χ0) is 40.0. The van der Waals surface area contributed by atoms with Crippen LogP contribution in [0.25, 0.3) is 11.4 Å². The summed E-state index contributed by atoms with van der Waals surface area (Å²) in [5.41, 5.74) is 1.16. The Morgan fingerprint density at radius 3 is 1.84 bits per heavy atom. The summed E-state index contributed by atoms with van der Waals surface area (Å²) < 4.78 is 34.4. The van der Waals surface area contributed by atoms with Crippen LogP contribution in [0.3, 0.4) is 0 Å². The Morgan fingerprint density at radius 2 is 1.32 bits per heavy atom. The van der Waals surface area contributed by atoms with E-state index in [4.69, 9.17) is 27.8 Å². The van der Waals surface area contributed by atoms with Crippen LogP contribution in [0.4, 0.5) is 28.4 Å². The number of anilines is 1. The monoisotopic (exact) mass is 879 g/mol. The summed E-state index contributed by atoms with van der Waals surface area (Å²) in [5, 5.41) is 47.7. The minimum atomic E-state index is -4.82. The number of hydrogen-bond donors (Lipinski definition) is 4. The number of hydrogen-bond acceptors (Lipinski definition) is 11. The van der Waals surface area contributed by atoms with Crippen molar-refractivity contribution in [3.05, 3.63) is 140 Å². The van der Waals surface area contributed by atoms with E-state index in [1.54, 1.807) is 50.2 Å². The van der Waals surface area contributed by atoms with Crippen LogP contribution in [-0.4, -0.2) is 38.4 Å². The van der Waals surface area contributed by atoms with Gasteiger partial charge < -0.3 is 15.5 Å². The Kier molecular flexibility index (Phi) is 16.1. The van der Waals surface area contributed by atoms with Gasteiger partial charge in [0.1, 0.15) is 0 Å². The Morgan fingerprint density at radius 1 is 0.807 bits per heavy atom. The molecule has 288 valence electrons. The largest absolute Gasteiger partial charge is 1.00 e. The molecule has 6 aromatic rings.